The van der Waals surface area contributed by atoms with Gasteiger partial charge in [-0.3, -0.25) is 4.98 Å². The van der Waals surface area contributed by atoms with E-state index in [1.807, 2.05) is 18.2 Å². The fraction of sp³-hybridized carbons (Fsp3) is 0.583. The van der Waals surface area contributed by atoms with E-state index in [1.165, 1.54) is 0 Å². The first-order chi connectivity index (χ1) is 6.39. The molecule has 1 aromatic rings. The van der Waals surface area contributed by atoms with Crippen LogP contribution in [0.15, 0.2) is 18.2 Å². The molecule has 0 aliphatic rings. The molecule has 0 bridgehead atoms. The molecule has 14 heavy (non-hydrogen) atoms. The minimum Gasteiger partial charge on any atom is -0.384 e. The number of nitrogens with zero attached hydrogens (tertiary/aromatic N) is 1. The normalized spacial score (nSPS) is 12.1. The van der Waals surface area contributed by atoms with E-state index in [9.17, 15) is 5.11 Å². The van der Waals surface area contributed by atoms with Crippen LogP contribution in [0, 0.1) is 5.92 Å². The summed E-state index contributed by atoms with van der Waals surface area (Å²) in [7, 11) is 0. The molecule has 1 rings (SSSR count). The second-order valence-electron chi connectivity index (χ2n) is 4.67. The predicted octanol–water partition coefficient (Wildman–Crippen LogP) is 2.51. The maximum Gasteiger partial charge on any atom is 0.101 e. The van der Waals surface area contributed by atoms with Crippen LogP contribution in [-0.2, 0) is 12.0 Å². The summed E-state index contributed by atoms with van der Waals surface area (Å²) in [5.74, 6) is 0.597. The first kappa shape index (κ1) is 11.2. The molecule has 0 amide bonds. The molecule has 1 aromatic heterocycles. The van der Waals surface area contributed by atoms with Crippen molar-refractivity contribution in [2.24, 2.45) is 5.92 Å². The summed E-state index contributed by atoms with van der Waals surface area (Å²) < 4.78 is 0. The zero-order valence-electron chi connectivity index (χ0n) is 9.41. The minimum absolute atomic E-state index is 0.597. The molecule has 2 nitrogen and oxygen atoms in total. The van der Waals surface area contributed by atoms with E-state index in [2.05, 4.69) is 18.8 Å². The summed E-state index contributed by atoms with van der Waals surface area (Å²) in [6.45, 7) is 7.85. The molecule has 0 radical (unpaired) electrons. The molecule has 2 heteroatoms. The van der Waals surface area contributed by atoms with Gasteiger partial charge < -0.3 is 5.11 Å². The highest BCUT2D eigenvalue weighted by Crippen LogP contribution is 2.17. The lowest BCUT2D eigenvalue weighted by Crippen LogP contribution is -2.18. The molecule has 0 fully saturated rings. The molecule has 78 valence electrons. The fourth-order valence-electron chi connectivity index (χ4n) is 1.35. The van der Waals surface area contributed by atoms with Gasteiger partial charge >= 0.3 is 0 Å². The quantitative estimate of drug-likeness (QED) is 0.800. The largest absolute Gasteiger partial charge is 0.384 e. The zero-order chi connectivity index (χ0) is 10.8. The Balaban J connectivity index is 2.90. The Morgan fingerprint density at radius 1 is 1.36 bits per heavy atom. The summed E-state index contributed by atoms with van der Waals surface area (Å²) in [6.07, 6.45) is 0.962. The molecule has 0 aliphatic carbocycles. The van der Waals surface area contributed by atoms with Gasteiger partial charge in [0.15, 0.2) is 0 Å². The lowest BCUT2D eigenvalue weighted by atomic mass is 10.0. The third kappa shape index (κ3) is 3.11. The number of aliphatic hydroxyl groups is 1. The first-order valence-electron chi connectivity index (χ1n) is 5.08. The SMILES string of the molecule is CC(C)Cc1cccc(C(C)(C)O)n1. The van der Waals surface area contributed by atoms with Gasteiger partial charge in [0.05, 0.1) is 5.69 Å². The van der Waals surface area contributed by atoms with Gasteiger partial charge in [-0.15, -0.1) is 0 Å². The van der Waals surface area contributed by atoms with E-state index in [4.69, 9.17) is 0 Å². The summed E-state index contributed by atoms with van der Waals surface area (Å²) in [6, 6.07) is 5.83. The molecule has 0 aromatic carbocycles. The van der Waals surface area contributed by atoms with E-state index in [0.717, 1.165) is 17.8 Å². The van der Waals surface area contributed by atoms with Crippen molar-refractivity contribution in [2.45, 2.75) is 39.7 Å². The Kier molecular flexibility index (Phi) is 3.27. The number of hydrogen-bond donors (Lipinski definition) is 1. The minimum atomic E-state index is -0.840. The Hall–Kier alpha value is -0.890. The van der Waals surface area contributed by atoms with Crippen LogP contribution in [0.2, 0.25) is 0 Å². The van der Waals surface area contributed by atoms with Crippen molar-refractivity contribution < 1.29 is 5.11 Å². The monoisotopic (exact) mass is 193 g/mol. The molecule has 0 unspecified atom stereocenters. The van der Waals surface area contributed by atoms with Crippen molar-refractivity contribution in [3.63, 3.8) is 0 Å². The van der Waals surface area contributed by atoms with Crippen LogP contribution in [0.3, 0.4) is 0 Å². The molecule has 1 N–H and O–H groups in total. The van der Waals surface area contributed by atoms with E-state index in [1.54, 1.807) is 13.8 Å². The standard InChI is InChI=1S/C12H19NO/c1-9(2)8-10-6-5-7-11(13-10)12(3,4)14/h5-7,9,14H,8H2,1-4H3. The lowest BCUT2D eigenvalue weighted by Gasteiger charge is -2.17. The van der Waals surface area contributed by atoms with Gasteiger partial charge in [-0.25, -0.2) is 0 Å². The van der Waals surface area contributed by atoms with Gasteiger partial charge in [0.2, 0.25) is 0 Å². The van der Waals surface area contributed by atoms with Gasteiger partial charge in [-0.1, -0.05) is 19.9 Å². The van der Waals surface area contributed by atoms with Crippen LogP contribution in [0.1, 0.15) is 39.1 Å². The highest BCUT2D eigenvalue weighted by Gasteiger charge is 2.17. The van der Waals surface area contributed by atoms with Gasteiger partial charge in [0.1, 0.15) is 5.60 Å². The molecular formula is C12H19NO. The van der Waals surface area contributed by atoms with Crippen molar-refractivity contribution in [3.8, 4) is 0 Å². The Morgan fingerprint density at radius 3 is 2.50 bits per heavy atom. The summed E-state index contributed by atoms with van der Waals surface area (Å²) in [5, 5.41) is 9.79. The Bertz CT molecular complexity index is 299. The van der Waals surface area contributed by atoms with Crippen molar-refractivity contribution in [3.05, 3.63) is 29.6 Å². The van der Waals surface area contributed by atoms with Gasteiger partial charge in [-0.05, 0) is 38.3 Å². The number of hydrogen-bond acceptors (Lipinski definition) is 2. The Morgan fingerprint density at radius 2 is 2.00 bits per heavy atom. The van der Waals surface area contributed by atoms with E-state index in [0.29, 0.717) is 5.92 Å². The van der Waals surface area contributed by atoms with Crippen molar-refractivity contribution in [1.29, 1.82) is 0 Å². The zero-order valence-corrected chi connectivity index (χ0v) is 9.41. The second-order valence-corrected chi connectivity index (χ2v) is 4.67. The molecular weight excluding hydrogens is 174 g/mol. The van der Waals surface area contributed by atoms with E-state index >= 15 is 0 Å². The summed E-state index contributed by atoms with van der Waals surface area (Å²) >= 11 is 0. The highest BCUT2D eigenvalue weighted by molar-refractivity contribution is 5.16. The maximum absolute atomic E-state index is 9.79. The second kappa shape index (κ2) is 4.09. The van der Waals surface area contributed by atoms with E-state index < -0.39 is 5.60 Å². The molecule has 0 aliphatic heterocycles. The predicted molar refractivity (Wildman–Crippen MR) is 58.0 cm³/mol. The van der Waals surface area contributed by atoms with Crippen LogP contribution in [0.25, 0.3) is 0 Å². The van der Waals surface area contributed by atoms with Gasteiger partial charge in [0, 0.05) is 5.69 Å². The first-order valence-corrected chi connectivity index (χ1v) is 5.08. The van der Waals surface area contributed by atoms with Crippen LogP contribution >= 0.6 is 0 Å². The molecule has 1 heterocycles. The highest BCUT2D eigenvalue weighted by atomic mass is 16.3. The lowest BCUT2D eigenvalue weighted by molar-refractivity contribution is 0.0736. The van der Waals surface area contributed by atoms with Crippen LogP contribution < -0.4 is 0 Å². The number of rotatable bonds is 3. The molecule has 0 saturated carbocycles. The van der Waals surface area contributed by atoms with Crippen molar-refractivity contribution >= 4 is 0 Å². The fourth-order valence-corrected chi connectivity index (χ4v) is 1.35. The van der Waals surface area contributed by atoms with E-state index in [-0.39, 0.29) is 0 Å². The van der Waals surface area contributed by atoms with Crippen LogP contribution in [-0.4, -0.2) is 10.1 Å². The van der Waals surface area contributed by atoms with Gasteiger partial charge in [0.25, 0.3) is 0 Å². The summed E-state index contributed by atoms with van der Waals surface area (Å²) in [4.78, 5) is 4.43. The molecule has 0 spiro atoms. The molecule has 0 atom stereocenters. The maximum atomic E-state index is 9.79. The topological polar surface area (TPSA) is 33.1 Å². The van der Waals surface area contributed by atoms with Gasteiger partial charge in [-0.2, -0.15) is 0 Å². The van der Waals surface area contributed by atoms with Crippen molar-refractivity contribution in [2.75, 3.05) is 0 Å². The van der Waals surface area contributed by atoms with Crippen LogP contribution in [0.5, 0.6) is 0 Å². The van der Waals surface area contributed by atoms with Crippen LogP contribution in [0.4, 0.5) is 0 Å². The smallest absolute Gasteiger partial charge is 0.101 e. The average Bonchev–Trinajstić information content (AvgIpc) is 2.01. The summed E-state index contributed by atoms with van der Waals surface area (Å²) in [5.41, 5.74) is 0.961. The van der Waals surface area contributed by atoms with Crippen molar-refractivity contribution in [1.82, 2.24) is 4.98 Å². The third-order valence-corrected chi connectivity index (χ3v) is 2.05. The number of pyridine rings is 1. The number of aromatic nitrogens is 1. The Labute approximate surface area is 86.0 Å². The third-order valence-electron chi connectivity index (χ3n) is 2.05. The molecule has 0 saturated heterocycles. The average molecular weight is 193 g/mol.